The quantitative estimate of drug-likeness (QED) is 0.396. The van der Waals surface area contributed by atoms with E-state index in [-0.39, 0.29) is 0 Å². The van der Waals surface area contributed by atoms with Gasteiger partial charge in [0.1, 0.15) is 0 Å². The fourth-order valence-corrected chi connectivity index (χ4v) is 3.80. The van der Waals surface area contributed by atoms with Gasteiger partial charge in [-0.1, -0.05) is 24.3 Å². The molecule has 6 nitrogen and oxygen atoms in total. The second kappa shape index (κ2) is 11.6. The zero-order valence-corrected chi connectivity index (χ0v) is 19.9. The van der Waals surface area contributed by atoms with Crippen LogP contribution in [-0.4, -0.2) is 37.1 Å². The summed E-state index contributed by atoms with van der Waals surface area (Å²) in [6.45, 7) is 0. The van der Waals surface area contributed by atoms with Crippen LogP contribution in [0.2, 0.25) is 0 Å². The average Bonchev–Trinajstić information content (AvgIpc) is 3.54. The number of rotatable bonds is 2. The molecular weight excluding hydrogens is 491 g/mol. The summed E-state index contributed by atoms with van der Waals surface area (Å²) in [7, 11) is -1.38. The van der Waals surface area contributed by atoms with Gasteiger partial charge in [-0.25, -0.2) is 0 Å². The molecule has 34 heavy (non-hydrogen) atoms. The van der Waals surface area contributed by atoms with Gasteiger partial charge in [-0.2, -0.15) is 0 Å². The largest absolute Gasteiger partial charge is 0.488 e. The third-order valence-electron chi connectivity index (χ3n) is 5.21. The van der Waals surface area contributed by atoms with Gasteiger partial charge in [0.05, 0.1) is 11.4 Å². The van der Waals surface area contributed by atoms with Gasteiger partial charge in [0.2, 0.25) is 0 Å². The van der Waals surface area contributed by atoms with Crippen molar-refractivity contribution in [3.8, 4) is 11.1 Å². The standard InChI is InChI=1S/C13H10N2.C8H6BrN.C5H6BNO2/c1-2-11-8-12(9-15-13(11)3-1)10-4-6-14-7-5-10;9-7-4-6-2-1-3-8(6)10-5-7;8-6(9)5-1-3-7-4-2-5/h1-2,4-9H,3H2;1-2,4-5H,3H2;1-4,8-9H. The van der Waals surface area contributed by atoms with Gasteiger partial charge in [-0.15, -0.1) is 0 Å². The third-order valence-corrected chi connectivity index (χ3v) is 5.64. The highest BCUT2D eigenvalue weighted by molar-refractivity contribution is 9.10. The molecule has 168 valence electrons. The minimum atomic E-state index is -1.38. The van der Waals surface area contributed by atoms with Crippen molar-refractivity contribution < 1.29 is 10.0 Å². The molecule has 0 aliphatic heterocycles. The summed E-state index contributed by atoms with van der Waals surface area (Å²) < 4.78 is 1.05. The number of allylic oxidation sites excluding steroid dienone is 2. The van der Waals surface area contributed by atoms with Crippen molar-refractivity contribution in [3.05, 3.63) is 113 Å². The van der Waals surface area contributed by atoms with E-state index in [1.165, 1.54) is 40.5 Å². The van der Waals surface area contributed by atoms with Crippen LogP contribution in [0.4, 0.5) is 0 Å². The van der Waals surface area contributed by atoms with Crippen molar-refractivity contribution in [2.45, 2.75) is 12.8 Å². The first-order chi connectivity index (χ1) is 16.6. The van der Waals surface area contributed by atoms with Crippen LogP contribution in [-0.2, 0) is 12.8 Å². The number of aromatic nitrogens is 4. The number of hydrogen-bond donors (Lipinski definition) is 2. The van der Waals surface area contributed by atoms with Crippen LogP contribution in [0.15, 0.2) is 90.2 Å². The molecule has 0 aromatic carbocycles. The zero-order chi connectivity index (χ0) is 23.8. The molecular formula is C26H22BBrN4O2. The van der Waals surface area contributed by atoms with Crippen molar-refractivity contribution in [2.75, 3.05) is 0 Å². The number of halogens is 1. The van der Waals surface area contributed by atoms with Crippen LogP contribution in [0.1, 0.15) is 22.5 Å². The van der Waals surface area contributed by atoms with Gasteiger partial charge in [0.15, 0.2) is 0 Å². The molecule has 2 aliphatic carbocycles. The van der Waals surface area contributed by atoms with Gasteiger partial charge in [-0.05, 0) is 74.5 Å². The molecule has 0 amide bonds. The highest BCUT2D eigenvalue weighted by Crippen LogP contribution is 2.24. The molecule has 4 aromatic heterocycles. The van der Waals surface area contributed by atoms with Crippen molar-refractivity contribution >= 4 is 40.7 Å². The Kier molecular flexibility index (Phi) is 8.09. The minimum Gasteiger partial charge on any atom is -0.423 e. The van der Waals surface area contributed by atoms with Gasteiger partial charge in [0.25, 0.3) is 0 Å². The Labute approximate surface area is 207 Å². The van der Waals surface area contributed by atoms with Crippen molar-refractivity contribution in [3.63, 3.8) is 0 Å². The first-order valence-corrected chi connectivity index (χ1v) is 11.5. The second-order valence-corrected chi connectivity index (χ2v) is 8.47. The molecule has 6 rings (SSSR count). The molecule has 8 heteroatoms. The average molecular weight is 513 g/mol. The van der Waals surface area contributed by atoms with E-state index in [4.69, 9.17) is 10.0 Å². The predicted octanol–water partition coefficient (Wildman–Crippen LogP) is 3.89. The van der Waals surface area contributed by atoms with E-state index in [2.05, 4.69) is 72.3 Å². The maximum absolute atomic E-state index is 8.55. The maximum atomic E-state index is 8.55. The van der Waals surface area contributed by atoms with Crippen LogP contribution in [0.5, 0.6) is 0 Å². The highest BCUT2D eigenvalue weighted by atomic mass is 79.9. The first kappa shape index (κ1) is 23.7. The fraction of sp³-hybridized carbons (Fsp3) is 0.0769. The number of hydrogen-bond acceptors (Lipinski definition) is 6. The number of pyridine rings is 4. The molecule has 0 spiro atoms. The monoisotopic (exact) mass is 512 g/mol. The summed E-state index contributed by atoms with van der Waals surface area (Å²) in [6.07, 6.45) is 20.9. The summed E-state index contributed by atoms with van der Waals surface area (Å²) in [5.41, 5.74) is 7.63. The lowest BCUT2D eigenvalue weighted by Crippen LogP contribution is -2.29. The summed E-state index contributed by atoms with van der Waals surface area (Å²) in [5, 5.41) is 17.1. The van der Waals surface area contributed by atoms with Gasteiger partial charge in [0, 0.05) is 60.1 Å². The molecule has 2 N–H and O–H groups in total. The van der Waals surface area contributed by atoms with Gasteiger partial charge >= 0.3 is 7.12 Å². The molecule has 0 bridgehead atoms. The SMILES string of the molecule is Brc1cnc2c(c1)C=CC2.C1=Cc2cc(-c3ccncc3)cnc2C1.OB(O)c1ccncc1. The molecule has 4 heterocycles. The molecule has 0 unspecified atom stereocenters. The van der Waals surface area contributed by atoms with E-state index < -0.39 is 7.12 Å². The van der Waals surface area contributed by atoms with Gasteiger partial charge < -0.3 is 10.0 Å². The van der Waals surface area contributed by atoms with E-state index in [1.807, 2.05) is 24.5 Å². The topological polar surface area (TPSA) is 92.0 Å². The molecule has 0 atom stereocenters. The predicted molar refractivity (Wildman–Crippen MR) is 139 cm³/mol. The van der Waals surface area contributed by atoms with E-state index in [0.717, 1.165) is 22.9 Å². The van der Waals surface area contributed by atoms with E-state index in [9.17, 15) is 0 Å². The molecule has 2 aliphatic rings. The fourth-order valence-electron chi connectivity index (χ4n) is 3.46. The Morgan fingerprint density at radius 1 is 0.706 bits per heavy atom. The lowest BCUT2D eigenvalue weighted by atomic mass is 9.81. The Balaban J connectivity index is 0.000000127. The molecule has 0 radical (unpaired) electrons. The lowest BCUT2D eigenvalue weighted by Gasteiger charge is -2.03. The smallest absolute Gasteiger partial charge is 0.423 e. The molecule has 4 aromatic rings. The van der Waals surface area contributed by atoms with Crippen molar-refractivity contribution in [1.29, 1.82) is 0 Å². The molecule has 0 saturated heterocycles. The minimum absolute atomic E-state index is 0.463. The summed E-state index contributed by atoms with van der Waals surface area (Å²) in [4.78, 5) is 16.4. The Morgan fingerprint density at radius 3 is 1.85 bits per heavy atom. The van der Waals surface area contributed by atoms with Crippen LogP contribution in [0.25, 0.3) is 23.3 Å². The van der Waals surface area contributed by atoms with Crippen LogP contribution in [0, 0.1) is 0 Å². The normalized spacial score (nSPS) is 12.1. The Morgan fingerprint density at radius 2 is 1.26 bits per heavy atom. The van der Waals surface area contributed by atoms with Crippen LogP contribution < -0.4 is 5.46 Å². The molecule has 0 fully saturated rings. The van der Waals surface area contributed by atoms with Crippen LogP contribution >= 0.6 is 15.9 Å². The summed E-state index contributed by atoms with van der Waals surface area (Å²) in [5.74, 6) is 0. The van der Waals surface area contributed by atoms with E-state index in [0.29, 0.717) is 5.46 Å². The summed E-state index contributed by atoms with van der Waals surface area (Å²) in [6, 6.07) is 11.4. The second-order valence-electron chi connectivity index (χ2n) is 7.55. The van der Waals surface area contributed by atoms with E-state index in [1.54, 1.807) is 24.5 Å². The zero-order valence-electron chi connectivity index (χ0n) is 18.3. The van der Waals surface area contributed by atoms with E-state index >= 15 is 0 Å². The van der Waals surface area contributed by atoms with Crippen LogP contribution in [0.3, 0.4) is 0 Å². The number of fused-ring (bicyclic) bond motifs is 2. The third kappa shape index (κ3) is 6.32. The Bertz CT molecular complexity index is 1300. The number of nitrogens with zero attached hydrogens (tertiary/aromatic N) is 4. The van der Waals surface area contributed by atoms with Crippen molar-refractivity contribution in [2.24, 2.45) is 0 Å². The first-order valence-electron chi connectivity index (χ1n) is 10.7. The lowest BCUT2D eigenvalue weighted by molar-refractivity contribution is 0.425. The summed E-state index contributed by atoms with van der Waals surface area (Å²) >= 11 is 3.37. The Hall–Kier alpha value is -3.46. The maximum Gasteiger partial charge on any atom is 0.488 e. The molecule has 0 saturated carbocycles. The van der Waals surface area contributed by atoms with Crippen molar-refractivity contribution in [1.82, 2.24) is 19.9 Å². The highest BCUT2D eigenvalue weighted by Gasteiger charge is 2.09. The van der Waals surface area contributed by atoms with Gasteiger partial charge in [-0.3, -0.25) is 19.9 Å².